The molecule has 0 aliphatic rings. The van der Waals surface area contributed by atoms with Crippen LogP contribution in [0, 0.1) is 0 Å². The maximum absolute atomic E-state index is 12.8. The lowest BCUT2D eigenvalue weighted by Crippen LogP contribution is -2.28. The molecular weight excluding hydrogens is 502 g/mol. The number of rotatable bonds is 9. The third-order valence-electron chi connectivity index (χ3n) is 6.44. The Labute approximate surface area is 222 Å². The van der Waals surface area contributed by atoms with Gasteiger partial charge in [-0.2, -0.15) is 0 Å². The van der Waals surface area contributed by atoms with Crippen LogP contribution in [0.25, 0.3) is 22.1 Å². The molecule has 5 aromatic rings. The third-order valence-corrected chi connectivity index (χ3v) is 6.44. The highest BCUT2D eigenvalue weighted by atomic mass is 16.5. The number of benzene rings is 3. The van der Waals surface area contributed by atoms with E-state index in [9.17, 15) is 24.6 Å². The van der Waals surface area contributed by atoms with E-state index in [2.05, 4.69) is 10.3 Å². The fraction of sp³-hybridized carbons (Fsp3) is 0.179. The fourth-order valence-corrected chi connectivity index (χ4v) is 4.40. The second-order valence-electron chi connectivity index (χ2n) is 9.05. The van der Waals surface area contributed by atoms with Crippen molar-refractivity contribution < 1.29 is 29.3 Å². The third kappa shape index (κ3) is 5.14. The Bertz CT molecular complexity index is 1670. The Morgan fingerprint density at radius 1 is 0.949 bits per heavy atom. The van der Waals surface area contributed by atoms with Gasteiger partial charge in [-0.25, -0.2) is 19.6 Å². The number of carboxylic acid groups (broad SMARTS) is 2. The lowest BCUT2D eigenvalue weighted by Gasteiger charge is -2.10. The molecule has 39 heavy (non-hydrogen) atoms. The zero-order valence-corrected chi connectivity index (χ0v) is 21.1. The smallest absolute Gasteiger partial charge is 0.335 e. The summed E-state index contributed by atoms with van der Waals surface area (Å²) in [7, 11) is 1.90. The predicted octanol–water partition coefficient (Wildman–Crippen LogP) is 3.81. The topological polar surface area (TPSA) is 159 Å². The van der Waals surface area contributed by atoms with Gasteiger partial charge in [0.25, 0.3) is 5.91 Å². The summed E-state index contributed by atoms with van der Waals surface area (Å²) in [6.07, 6.45) is 0. The number of aromatic nitrogens is 4. The normalized spacial score (nSPS) is 11.9. The number of hydrogen-bond donors (Lipinski definition) is 4. The molecule has 2 heterocycles. The number of nitrogens with one attached hydrogen (secondary N) is 2. The molecule has 0 bridgehead atoms. The number of amides is 1. The van der Waals surface area contributed by atoms with Crippen molar-refractivity contribution in [2.24, 2.45) is 7.05 Å². The van der Waals surface area contributed by atoms with Crippen LogP contribution in [0.1, 0.15) is 55.6 Å². The number of aromatic amines is 1. The van der Waals surface area contributed by atoms with E-state index in [1.54, 1.807) is 18.2 Å². The molecule has 1 unspecified atom stereocenters. The molecule has 0 saturated heterocycles. The van der Waals surface area contributed by atoms with Crippen molar-refractivity contribution in [2.75, 3.05) is 13.2 Å². The van der Waals surface area contributed by atoms with Gasteiger partial charge in [0.05, 0.1) is 45.7 Å². The van der Waals surface area contributed by atoms with Crippen molar-refractivity contribution in [3.63, 3.8) is 0 Å². The number of ether oxygens (including phenoxy) is 1. The molecule has 0 radical (unpaired) electrons. The van der Waals surface area contributed by atoms with Crippen LogP contribution in [0.5, 0.6) is 5.75 Å². The quantitative estimate of drug-likeness (QED) is 0.211. The summed E-state index contributed by atoms with van der Waals surface area (Å²) in [6.45, 7) is 2.16. The lowest BCUT2D eigenvalue weighted by atomic mass is 10.1. The number of fused-ring (bicyclic) bond motifs is 2. The number of carbonyl (C=O) groups excluding carboxylic acids is 1. The molecule has 0 saturated carbocycles. The molecule has 0 aliphatic carbocycles. The van der Waals surface area contributed by atoms with Gasteiger partial charge in [0.1, 0.15) is 24.0 Å². The summed E-state index contributed by atoms with van der Waals surface area (Å²) < 4.78 is 7.44. The highest BCUT2D eigenvalue weighted by Crippen LogP contribution is 2.27. The number of para-hydroxylation sites is 2. The molecular formula is C28H25N5O6. The number of aryl methyl sites for hydroxylation is 1. The maximum atomic E-state index is 12.8. The molecule has 11 heteroatoms. The Hall–Kier alpha value is -5.19. The van der Waals surface area contributed by atoms with Gasteiger partial charge >= 0.3 is 11.9 Å². The number of hydrogen-bond acceptors (Lipinski definition) is 6. The summed E-state index contributed by atoms with van der Waals surface area (Å²) >= 11 is 0. The van der Waals surface area contributed by atoms with E-state index < -0.39 is 11.9 Å². The van der Waals surface area contributed by atoms with Crippen molar-refractivity contribution in [3.05, 3.63) is 89.0 Å². The molecule has 0 spiro atoms. The van der Waals surface area contributed by atoms with Crippen LogP contribution in [-0.4, -0.2) is 60.7 Å². The zero-order valence-electron chi connectivity index (χ0n) is 21.1. The SMILES string of the molecule is CC(c1nc2ccccc2[nH]1)c1nc2ccc(C(=O)NCCOc3cc(C(=O)O)cc(C(=O)O)c3)cc2n1C. The van der Waals surface area contributed by atoms with E-state index in [0.717, 1.165) is 39.8 Å². The van der Waals surface area contributed by atoms with Crippen molar-refractivity contribution in [1.29, 1.82) is 0 Å². The van der Waals surface area contributed by atoms with Crippen molar-refractivity contribution in [2.45, 2.75) is 12.8 Å². The minimum Gasteiger partial charge on any atom is -0.492 e. The molecule has 0 aliphatic heterocycles. The van der Waals surface area contributed by atoms with Crippen LogP contribution >= 0.6 is 0 Å². The zero-order chi connectivity index (χ0) is 27.7. The monoisotopic (exact) mass is 527 g/mol. The summed E-state index contributed by atoms with van der Waals surface area (Å²) in [6, 6.07) is 16.6. The summed E-state index contributed by atoms with van der Waals surface area (Å²) in [5, 5.41) is 21.1. The van der Waals surface area contributed by atoms with Crippen LogP contribution < -0.4 is 10.1 Å². The molecule has 1 atom stereocenters. The van der Waals surface area contributed by atoms with E-state index in [4.69, 9.17) is 14.7 Å². The Balaban J connectivity index is 1.26. The molecule has 198 valence electrons. The fourth-order valence-electron chi connectivity index (χ4n) is 4.40. The minimum atomic E-state index is -1.27. The molecule has 11 nitrogen and oxygen atoms in total. The van der Waals surface area contributed by atoms with E-state index in [1.165, 1.54) is 12.1 Å². The van der Waals surface area contributed by atoms with Gasteiger partial charge < -0.3 is 29.8 Å². The highest BCUT2D eigenvalue weighted by molar-refractivity contribution is 5.97. The second kappa shape index (κ2) is 10.3. The van der Waals surface area contributed by atoms with Gasteiger partial charge in [-0.05, 0) is 55.5 Å². The number of nitrogens with zero attached hydrogens (tertiary/aromatic N) is 3. The van der Waals surface area contributed by atoms with E-state index in [0.29, 0.717) is 5.56 Å². The van der Waals surface area contributed by atoms with Crippen LogP contribution in [0.4, 0.5) is 0 Å². The molecule has 0 fully saturated rings. The number of carboxylic acids is 2. The highest BCUT2D eigenvalue weighted by Gasteiger charge is 2.20. The molecule has 4 N–H and O–H groups in total. The summed E-state index contributed by atoms with van der Waals surface area (Å²) in [5.41, 5.74) is 3.43. The van der Waals surface area contributed by atoms with E-state index in [1.807, 2.05) is 42.8 Å². The number of aromatic carboxylic acids is 2. The number of carbonyl (C=O) groups is 3. The van der Waals surface area contributed by atoms with Crippen LogP contribution in [0.2, 0.25) is 0 Å². The van der Waals surface area contributed by atoms with Gasteiger partial charge in [-0.15, -0.1) is 0 Å². The van der Waals surface area contributed by atoms with Crippen molar-refractivity contribution >= 4 is 39.9 Å². The standard InChI is InChI=1S/C28H25N5O6/c1-15(24-30-20-5-3-4-6-21(20)31-24)25-32-22-8-7-16(14-23(22)33(25)2)26(34)29-9-10-39-19-12-17(27(35)36)11-18(13-19)28(37)38/h3-8,11-15H,9-10H2,1-2H3,(H,29,34)(H,30,31)(H,35,36)(H,37,38). The first-order chi connectivity index (χ1) is 18.7. The number of H-pyrrole nitrogens is 1. The van der Waals surface area contributed by atoms with Gasteiger partial charge in [-0.1, -0.05) is 12.1 Å². The maximum Gasteiger partial charge on any atom is 0.335 e. The average Bonchev–Trinajstić information content (AvgIpc) is 3.51. The van der Waals surface area contributed by atoms with Crippen LogP contribution in [0.3, 0.4) is 0 Å². The first kappa shape index (κ1) is 25.5. The second-order valence-corrected chi connectivity index (χ2v) is 9.05. The predicted molar refractivity (Wildman–Crippen MR) is 143 cm³/mol. The summed E-state index contributed by atoms with van der Waals surface area (Å²) in [4.78, 5) is 48.1. The number of imidazole rings is 2. The van der Waals surface area contributed by atoms with Crippen molar-refractivity contribution in [1.82, 2.24) is 24.8 Å². The Morgan fingerprint density at radius 3 is 2.36 bits per heavy atom. The molecule has 2 aromatic heterocycles. The van der Waals surface area contributed by atoms with Gasteiger partial charge in [0.15, 0.2) is 0 Å². The Kier molecular flexibility index (Phi) is 6.72. The first-order valence-corrected chi connectivity index (χ1v) is 12.1. The van der Waals surface area contributed by atoms with E-state index in [-0.39, 0.29) is 41.9 Å². The van der Waals surface area contributed by atoms with Crippen LogP contribution in [0.15, 0.2) is 60.7 Å². The minimum absolute atomic E-state index is 0.0149. The van der Waals surface area contributed by atoms with Crippen molar-refractivity contribution in [3.8, 4) is 5.75 Å². The molecule has 3 aromatic carbocycles. The van der Waals surface area contributed by atoms with Gasteiger partial charge in [-0.3, -0.25) is 4.79 Å². The molecule has 1 amide bonds. The van der Waals surface area contributed by atoms with Gasteiger partial charge in [0, 0.05) is 12.6 Å². The largest absolute Gasteiger partial charge is 0.492 e. The Morgan fingerprint density at radius 2 is 1.67 bits per heavy atom. The van der Waals surface area contributed by atoms with Crippen LogP contribution in [-0.2, 0) is 7.05 Å². The first-order valence-electron chi connectivity index (χ1n) is 12.1. The molecule has 5 rings (SSSR count). The van der Waals surface area contributed by atoms with Gasteiger partial charge in [0.2, 0.25) is 0 Å². The average molecular weight is 528 g/mol. The lowest BCUT2D eigenvalue weighted by molar-refractivity contribution is 0.0696. The summed E-state index contributed by atoms with van der Waals surface area (Å²) in [5.74, 6) is -1.27. The van der Waals surface area contributed by atoms with E-state index >= 15 is 0 Å².